The van der Waals surface area contributed by atoms with Gasteiger partial charge in [0.1, 0.15) is 6.10 Å². The van der Waals surface area contributed by atoms with Crippen LogP contribution in [0.2, 0.25) is 0 Å². The van der Waals surface area contributed by atoms with Gasteiger partial charge in [-0.2, -0.15) is 0 Å². The van der Waals surface area contributed by atoms with E-state index in [1.807, 2.05) is 38.1 Å². The van der Waals surface area contributed by atoms with Crippen molar-refractivity contribution in [2.75, 3.05) is 13.1 Å². The number of rotatable bonds is 4. The van der Waals surface area contributed by atoms with Crippen LogP contribution in [0.25, 0.3) is 0 Å². The Kier molecular flexibility index (Phi) is 4.26. The molecule has 1 aliphatic rings. The van der Waals surface area contributed by atoms with E-state index in [0.29, 0.717) is 0 Å². The molecule has 1 aromatic rings. The quantitative estimate of drug-likeness (QED) is 0.870. The van der Waals surface area contributed by atoms with E-state index in [-0.39, 0.29) is 12.2 Å². The lowest BCUT2D eigenvalue weighted by molar-refractivity contribution is 0.152. The van der Waals surface area contributed by atoms with E-state index in [1.165, 1.54) is 6.42 Å². The van der Waals surface area contributed by atoms with E-state index in [2.05, 4.69) is 5.32 Å². The van der Waals surface area contributed by atoms with Crippen LogP contribution in [0.3, 0.4) is 0 Å². The molecule has 1 N–H and O–H groups in total. The van der Waals surface area contributed by atoms with Gasteiger partial charge in [0.05, 0.1) is 6.10 Å². The standard InChI is InChI=1S/C14H21NO2/c1-11(2)16-13-7-3-4-8-14(13)17-12-6-5-9-15-10-12/h3-4,7-8,11-12,15H,5-6,9-10H2,1-2H3/t12-/m1/s1. The van der Waals surface area contributed by atoms with E-state index >= 15 is 0 Å². The van der Waals surface area contributed by atoms with E-state index < -0.39 is 0 Å². The van der Waals surface area contributed by atoms with Gasteiger partial charge in [-0.3, -0.25) is 0 Å². The average Bonchev–Trinajstić information content (AvgIpc) is 2.32. The van der Waals surface area contributed by atoms with Crippen molar-refractivity contribution in [3.8, 4) is 11.5 Å². The third kappa shape index (κ3) is 3.63. The van der Waals surface area contributed by atoms with Crippen LogP contribution in [0.5, 0.6) is 11.5 Å². The van der Waals surface area contributed by atoms with Crippen molar-refractivity contribution in [2.24, 2.45) is 0 Å². The van der Waals surface area contributed by atoms with E-state index in [1.54, 1.807) is 0 Å². The van der Waals surface area contributed by atoms with Crippen molar-refractivity contribution in [2.45, 2.75) is 38.9 Å². The molecule has 0 spiro atoms. The predicted molar refractivity (Wildman–Crippen MR) is 68.7 cm³/mol. The molecular formula is C14H21NO2. The van der Waals surface area contributed by atoms with Crippen molar-refractivity contribution in [1.82, 2.24) is 5.32 Å². The van der Waals surface area contributed by atoms with Gasteiger partial charge in [-0.05, 0) is 45.4 Å². The molecule has 0 aromatic heterocycles. The van der Waals surface area contributed by atoms with Gasteiger partial charge >= 0.3 is 0 Å². The Morgan fingerprint density at radius 1 is 1.24 bits per heavy atom. The Bertz CT molecular complexity index is 346. The summed E-state index contributed by atoms with van der Waals surface area (Å²) in [4.78, 5) is 0. The molecule has 0 bridgehead atoms. The summed E-state index contributed by atoms with van der Waals surface area (Å²) >= 11 is 0. The van der Waals surface area contributed by atoms with E-state index in [9.17, 15) is 0 Å². The molecule has 1 heterocycles. The van der Waals surface area contributed by atoms with Gasteiger partial charge in [-0.15, -0.1) is 0 Å². The van der Waals surface area contributed by atoms with E-state index in [0.717, 1.165) is 31.0 Å². The molecule has 3 nitrogen and oxygen atoms in total. The summed E-state index contributed by atoms with van der Waals surface area (Å²) in [6.45, 7) is 6.08. The predicted octanol–water partition coefficient (Wildman–Crippen LogP) is 2.60. The molecule has 3 heteroatoms. The summed E-state index contributed by atoms with van der Waals surface area (Å²) in [5.41, 5.74) is 0. The lowest BCUT2D eigenvalue weighted by atomic mass is 10.1. The summed E-state index contributed by atoms with van der Waals surface area (Å²) in [6.07, 6.45) is 2.73. The Labute approximate surface area is 103 Å². The highest BCUT2D eigenvalue weighted by atomic mass is 16.5. The topological polar surface area (TPSA) is 30.5 Å². The number of hydrogen-bond donors (Lipinski definition) is 1. The molecule has 0 radical (unpaired) electrons. The largest absolute Gasteiger partial charge is 0.487 e. The van der Waals surface area contributed by atoms with Gasteiger partial charge in [0.25, 0.3) is 0 Å². The Morgan fingerprint density at radius 3 is 2.65 bits per heavy atom. The first-order valence-corrected chi connectivity index (χ1v) is 6.39. The molecule has 2 rings (SSSR count). The SMILES string of the molecule is CC(C)Oc1ccccc1O[C@@H]1CCCNC1. The zero-order valence-electron chi connectivity index (χ0n) is 10.6. The van der Waals surface area contributed by atoms with Crippen molar-refractivity contribution in [3.05, 3.63) is 24.3 Å². The molecule has 94 valence electrons. The van der Waals surface area contributed by atoms with Crippen LogP contribution in [0.1, 0.15) is 26.7 Å². The maximum atomic E-state index is 6.00. The number of nitrogens with one attached hydrogen (secondary N) is 1. The fraction of sp³-hybridized carbons (Fsp3) is 0.571. The Balaban J connectivity index is 2.03. The first-order chi connectivity index (χ1) is 8.25. The van der Waals surface area contributed by atoms with Crippen LogP contribution < -0.4 is 14.8 Å². The third-order valence-corrected chi connectivity index (χ3v) is 2.76. The molecule has 17 heavy (non-hydrogen) atoms. The van der Waals surface area contributed by atoms with Gasteiger partial charge in [0.2, 0.25) is 0 Å². The fourth-order valence-corrected chi connectivity index (χ4v) is 2.00. The first kappa shape index (κ1) is 12.2. The molecule has 0 saturated carbocycles. The molecule has 0 aliphatic carbocycles. The first-order valence-electron chi connectivity index (χ1n) is 6.39. The van der Waals surface area contributed by atoms with Gasteiger partial charge in [0, 0.05) is 6.54 Å². The Morgan fingerprint density at radius 2 is 2.00 bits per heavy atom. The maximum Gasteiger partial charge on any atom is 0.161 e. The summed E-state index contributed by atoms with van der Waals surface area (Å²) in [6, 6.07) is 7.90. The van der Waals surface area contributed by atoms with Crippen LogP contribution in [-0.4, -0.2) is 25.3 Å². The molecule has 1 aromatic carbocycles. The van der Waals surface area contributed by atoms with Crippen LogP contribution in [0, 0.1) is 0 Å². The minimum Gasteiger partial charge on any atom is -0.487 e. The van der Waals surface area contributed by atoms with Gasteiger partial charge in [-0.25, -0.2) is 0 Å². The molecule has 1 fully saturated rings. The van der Waals surface area contributed by atoms with Crippen molar-refractivity contribution < 1.29 is 9.47 Å². The molecule has 1 saturated heterocycles. The van der Waals surface area contributed by atoms with Crippen LogP contribution in [0.4, 0.5) is 0 Å². The zero-order valence-corrected chi connectivity index (χ0v) is 10.6. The van der Waals surface area contributed by atoms with Crippen LogP contribution in [-0.2, 0) is 0 Å². The van der Waals surface area contributed by atoms with Gasteiger partial charge in [-0.1, -0.05) is 12.1 Å². The van der Waals surface area contributed by atoms with Crippen molar-refractivity contribution in [1.29, 1.82) is 0 Å². The number of para-hydroxylation sites is 2. The summed E-state index contributed by atoms with van der Waals surface area (Å²) in [7, 11) is 0. The number of piperidine rings is 1. The highest BCUT2D eigenvalue weighted by Gasteiger charge is 2.16. The summed E-state index contributed by atoms with van der Waals surface area (Å²) < 4.78 is 11.7. The van der Waals surface area contributed by atoms with Crippen LogP contribution >= 0.6 is 0 Å². The number of hydrogen-bond acceptors (Lipinski definition) is 3. The smallest absolute Gasteiger partial charge is 0.161 e. The molecule has 0 unspecified atom stereocenters. The number of ether oxygens (including phenoxy) is 2. The zero-order chi connectivity index (χ0) is 12.1. The normalized spacial score (nSPS) is 20.3. The van der Waals surface area contributed by atoms with Crippen LogP contribution in [0.15, 0.2) is 24.3 Å². The lowest BCUT2D eigenvalue weighted by Gasteiger charge is -2.25. The Hall–Kier alpha value is -1.22. The highest BCUT2D eigenvalue weighted by Crippen LogP contribution is 2.29. The van der Waals surface area contributed by atoms with Gasteiger partial charge < -0.3 is 14.8 Å². The van der Waals surface area contributed by atoms with E-state index in [4.69, 9.17) is 9.47 Å². The minimum absolute atomic E-state index is 0.171. The summed E-state index contributed by atoms with van der Waals surface area (Å²) in [5.74, 6) is 1.70. The van der Waals surface area contributed by atoms with Gasteiger partial charge in [0.15, 0.2) is 11.5 Å². The maximum absolute atomic E-state index is 6.00. The monoisotopic (exact) mass is 235 g/mol. The summed E-state index contributed by atoms with van der Waals surface area (Å²) in [5, 5.41) is 3.35. The second-order valence-electron chi connectivity index (χ2n) is 4.70. The minimum atomic E-state index is 0.171. The third-order valence-electron chi connectivity index (χ3n) is 2.76. The molecule has 1 aliphatic heterocycles. The second kappa shape index (κ2) is 5.92. The number of benzene rings is 1. The fourth-order valence-electron chi connectivity index (χ4n) is 2.00. The molecule has 0 amide bonds. The second-order valence-corrected chi connectivity index (χ2v) is 4.70. The molecular weight excluding hydrogens is 214 g/mol. The lowest BCUT2D eigenvalue weighted by Crippen LogP contribution is -2.37. The van der Waals surface area contributed by atoms with Crippen molar-refractivity contribution in [3.63, 3.8) is 0 Å². The van der Waals surface area contributed by atoms with Crippen molar-refractivity contribution >= 4 is 0 Å². The highest BCUT2D eigenvalue weighted by molar-refractivity contribution is 5.39. The average molecular weight is 235 g/mol. The molecule has 1 atom stereocenters.